The maximum Gasteiger partial charge on any atom is 0.189 e. The van der Waals surface area contributed by atoms with Gasteiger partial charge < -0.3 is 5.11 Å². The number of hydrogen-bond acceptors (Lipinski definition) is 2. The number of halogens is 2. The van der Waals surface area contributed by atoms with Crippen LogP contribution in [-0.2, 0) is 0 Å². The molecule has 0 fully saturated rings. The molecule has 0 aliphatic rings. The van der Waals surface area contributed by atoms with Gasteiger partial charge in [0.05, 0.1) is 0 Å². The monoisotopic (exact) mass is 292 g/mol. The van der Waals surface area contributed by atoms with Gasteiger partial charge in [0.15, 0.2) is 5.78 Å². The number of hydrogen-bond donors (Lipinski definition) is 1. The maximum absolute atomic E-state index is 11.9. The predicted molar refractivity (Wildman–Crippen MR) is 77.8 cm³/mol. The molecular formula is C15H10Cl2O2. The van der Waals surface area contributed by atoms with Crippen molar-refractivity contribution in [1.82, 2.24) is 0 Å². The van der Waals surface area contributed by atoms with Crippen LogP contribution in [0.4, 0.5) is 0 Å². The van der Waals surface area contributed by atoms with Gasteiger partial charge in [-0.1, -0.05) is 23.2 Å². The van der Waals surface area contributed by atoms with E-state index in [1.807, 2.05) is 0 Å². The van der Waals surface area contributed by atoms with Gasteiger partial charge in [-0.15, -0.1) is 0 Å². The summed E-state index contributed by atoms with van der Waals surface area (Å²) < 4.78 is 0. The molecule has 0 aliphatic carbocycles. The van der Waals surface area contributed by atoms with Gasteiger partial charge >= 0.3 is 0 Å². The van der Waals surface area contributed by atoms with E-state index in [9.17, 15) is 9.90 Å². The number of carbonyl (C=O) groups excluding carboxylic acids is 1. The molecule has 0 aliphatic heterocycles. The number of rotatable bonds is 3. The Morgan fingerprint density at radius 3 is 1.74 bits per heavy atom. The first kappa shape index (κ1) is 13.7. The lowest BCUT2D eigenvalue weighted by Gasteiger charge is -2.01. The number of carbonyl (C=O) groups is 1. The van der Waals surface area contributed by atoms with Gasteiger partial charge in [0.25, 0.3) is 0 Å². The highest BCUT2D eigenvalue weighted by Gasteiger charge is 2.06. The Labute approximate surface area is 120 Å². The van der Waals surface area contributed by atoms with E-state index >= 15 is 0 Å². The Morgan fingerprint density at radius 1 is 0.842 bits per heavy atom. The fourth-order valence-electron chi connectivity index (χ4n) is 1.53. The van der Waals surface area contributed by atoms with Crippen LogP contribution in [0, 0.1) is 0 Å². The first-order valence-corrected chi connectivity index (χ1v) is 6.28. The number of aliphatic hydroxyl groups excluding tert-OH is 1. The van der Waals surface area contributed by atoms with Crippen LogP contribution in [-0.4, -0.2) is 10.9 Å². The normalized spacial score (nSPS) is 11.4. The zero-order valence-corrected chi connectivity index (χ0v) is 11.3. The van der Waals surface area contributed by atoms with Crippen molar-refractivity contribution in [2.45, 2.75) is 0 Å². The van der Waals surface area contributed by atoms with Crippen molar-refractivity contribution in [2.75, 3.05) is 0 Å². The van der Waals surface area contributed by atoms with Gasteiger partial charge in [-0.2, -0.15) is 0 Å². The summed E-state index contributed by atoms with van der Waals surface area (Å²) in [5.41, 5.74) is 0.997. The molecule has 19 heavy (non-hydrogen) atoms. The second kappa shape index (κ2) is 5.91. The minimum absolute atomic E-state index is 0.100. The van der Waals surface area contributed by atoms with Crippen molar-refractivity contribution in [3.05, 3.63) is 75.8 Å². The highest BCUT2D eigenvalue weighted by atomic mass is 35.5. The summed E-state index contributed by atoms with van der Waals surface area (Å²) in [6.07, 6.45) is 1.17. The van der Waals surface area contributed by atoms with Crippen LogP contribution in [0.2, 0.25) is 10.0 Å². The van der Waals surface area contributed by atoms with Gasteiger partial charge in [-0.25, -0.2) is 0 Å². The lowest BCUT2D eigenvalue weighted by atomic mass is 10.1. The summed E-state index contributed by atoms with van der Waals surface area (Å²) in [5.74, 6) is -0.388. The largest absolute Gasteiger partial charge is 0.507 e. The van der Waals surface area contributed by atoms with Gasteiger partial charge in [-0.05, 0) is 48.5 Å². The molecule has 2 aromatic rings. The second-order valence-electron chi connectivity index (χ2n) is 3.91. The zero-order chi connectivity index (χ0) is 13.8. The van der Waals surface area contributed by atoms with Crippen molar-refractivity contribution >= 4 is 34.7 Å². The summed E-state index contributed by atoms with van der Waals surface area (Å²) in [7, 11) is 0. The Hall–Kier alpha value is -1.77. The Morgan fingerprint density at radius 2 is 1.26 bits per heavy atom. The average molecular weight is 293 g/mol. The summed E-state index contributed by atoms with van der Waals surface area (Å²) in [4.78, 5) is 11.9. The SMILES string of the molecule is O=C(C=C(O)c1ccc(Cl)cc1)c1ccc(Cl)cc1. The zero-order valence-electron chi connectivity index (χ0n) is 9.81. The lowest BCUT2D eigenvalue weighted by Crippen LogP contribution is -1.96. The molecule has 0 aromatic heterocycles. The average Bonchev–Trinajstić information content (AvgIpc) is 2.40. The van der Waals surface area contributed by atoms with Crippen LogP contribution in [0.1, 0.15) is 15.9 Å². The fraction of sp³-hybridized carbons (Fsp3) is 0. The van der Waals surface area contributed by atoms with Crippen LogP contribution in [0.5, 0.6) is 0 Å². The summed E-state index contributed by atoms with van der Waals surface area (Å²) >= 11 is 11.5. The van der Waals surface area contributed by atoms with Crippen molar-refractivity contribution in [3.8, 4) is 0 Å². The second-order valence-corrected chi connectivity index (χ2v) is 4.78. The third-order valence-corrected chi connectivity index (χ3v) is 3.04. The minimum Gasteiger partial charge on any atom is -0.507 e. The summed E-state index contributed by atoms with van der Waals surface area (Å²) in [6.45, 7) is 0. The molecule has 0 spiro atoms. The topological polar surface area (TPSA) is 37.3 Å². The number of allylic oxidation sites excluding steroid dienone is 1. The van der Waals surface area contributed by atoms with Gasteiger partial charge in [-0.3, -0.25) is 4.79 Å². The van der Waals surface area contributed by atoms with E-state index in [-0.39, 0.29) is 11.5 Å². The third kappa shape index (κ3) is 3.60. The molecule has 0 radical (unpaired) electrons. The molecule has 0 unspecified atom stereocenters. The molecule has 0 atom stereocenters. The van der Waals surface area contributed by atoms with E-state index in [2.05, 4.69) is 0 Å². The third-order valence-electron chi connectivity index (χ3n) is 2.54. The smallest absolute Gasteiger partial charge is 0.189 e. The van der Waals surface area contributed by atoms with Crippen molar-refractivity contribution in [3.63, 3.8) is 0 Å². The molecule has 1 N–H and O–H groups in total. The maximum atomic E-state index is 11.9. The molecule has 0 amide bonds. The molecule has 96 valence electrons. The molecule has 0 bridgehead atoms. The van der Waals surface area contributed by atoms with Crippen LogP contribution in [0.15, 0.2) is 54.6 Å². The Kier molecular flexibility index (Phi) is 4.25. The van der Waals surface area contributed by atoms with E-state index in [0.717, 1.165) is 0 Å². The molecular weight excluding hydrogens is 283 g/mol. The quantitative estimate of drug-likeness (QED) is 0.502. The standard InChI is InChI=1S/C15H10Cl2O2/c16-12-5-1-10(2-6-12)14(18)9-15(19)11-3-7-13(17)8-4-11/h1-9,18H. The van der Waals surface area contributed by atoms with E-state index < -0.39 is 0 Å². The highest BCUT2D eigenvalue weighted by Crippen LogP contribution is 2.17. The van der Waals surface area contributed by atoms with E-state index in [1.165, 1.54) is 6.08 Å². The van der Waals surface area contributed by atoms with Crippen LogP contribution >= 0.6 is 23.2 Å². The molecule has 2 aromatic carbocycles. The fourth-order valence-corrected chi connectivity index (χ4v) is 1.78. The van der Waals surface area contributed by atoms with Gasteiger partial charge in [0.2, 0.25) is 0 Å². The first-order valence-electron chi connectivity index (χ1n) is 5.53. The van der Waals surface area contributed by atoms with Crippen molar-refractivity contribution in [2.24, 2.45) is 0 Å². The number of benzene rings is 2. The molecule has 0 heterocycles. The predicted octanol–water partition coefficient (Wildman–Crippen LogP) is 4.78. The highest BCUT2D eigenvalue weighted by molar-refractivity contribution is 6.31. The molecule has 0 saturated carbocycles. The number of ketones is 1. The Balaban J connectivity index is 2.22. The van der Waals surface area contributed by atoms with Crippen molar-refractivity contribution < 1.29 is 9.90 Å². The van der Waals surface area contributed by atoms with Crippen LogP contribution in [0.3, 0.4) is 0 Å². The Bertz CT molecular complexity index is 614. The van der Waals surface area contributed by atoms with E-state index in [4.69, 9.17) is 23.2 Å². The minimum atomic E-state index is -0.288. The van der Waals surface area contributed by atoms with E-state index in [0.29, 0.717) is 21.2 Å². The molecule has 0 saturated heterocycles. The van der Waals surface area contributed by atoms with Gasteiger partial charge in [0.1, 0.15) is 5.76 Å². The van der Waals surface area contributed by atoms with Crippen molar-refractivity contribution in [1.29, 1.82) is 0 Å². The molecule has 4 heteroatoms. The summed E-state index contributed by atoms with van der Waals surface area (Å²) in [6, 6.07) is 13.0. The number of aliphatic hydroxyl groups is 1. The molecule has 2 nitrogen and oxygen atoms in total. The van der Waals surface area contributed by atoms with Crippen LogP contribution < -0.4 is 0 Å². The molecule has 2 rings (SSSR count). The lowest BCUT2D eigenvalue weighted by molar-refractivity contribution is 0.104. The summed E-state index contributed by atoms with van der Waals surface area (Å²) in [5, 5.41) is 11.0. The van der Waals surface area contributed by atoms with Gasteiger partial charge in [0, 0.05) is 27.2 Å². The van der Waals surface area contributed by atoms with Crippen LogP contribution in [0.25, 0.3) is 5.76 Å². The van der Waals surface area contributed by atoms with E-state index in [1.54, 1.807) is 48.5 Å². The first-order chi connectivity index (χ1) is 9.06.